The average molecular weight is 341 g/mol. The molecular weight excluding hydrogens is 326 g/mol. The number of nitrogens with one attached hydrogen (secondary N) is 1. The summed E-state index contributed by atoms with van der Waals surface area (Å²) in [6, 6.07) is 14.6. The third kappa shape index (κ3) is 4.29. The van der Waals surface area contributed by atoms with Crippen LogP contribution in [0.5, 0.6) is 0 Å². The van der Waals surface area contributed by atoms with E-state index in [0.29, 0.717) is 5.69 Å². The largest absolute Gasteiger partial charge is 0.321 e. The van der Waals surface area contributed by atoms with Crippen molar-refractivity contribution in [2.45, 2.75) is 11.8 Å². The predicted molar refractivity (Wildman–Crippen MR) is 91.2 cm³/mol. The van der Waals surface area contributed by atoms with Gasteiger partial charge in [0.1, 0.15) is 11.6 Å². The lowest BCUT2D eigenvalue weighted by Gasteiger charge is -2.06. The van der Waals surface area contributed by atoms with Crippen LogP contribution in [0.2, 0.25) is 0 Å². The van der Waals surface area contributed by atoms with Gasteiger partial charge in [-0.25, -0.2) is 13.6 Å². The monoisotopic (exact) mass is 341 g/mol. The first kappa shape index (κ1) is 17.4. The fourth-order valence-electron chi connectivity index (χ4n) is 1.98. The first-order valence-corrected chi connectivity index (χ1v) is 8.47. The number of amides is 1. The number of carbonyl (C=O) groups excluding carboxylic acids is 1. The lowest BCUT2D eigenvalue weighted by molar-refractivity contribution is -0.112. The number of benzene rings is 2. The number of sulfonamides is 1. The molecule has 0 bridgehead atoms. The fourth-order valence-corrected chi connectivity index (χ4v) is 2.49. The fraction of sp³-hybridized carbons (Fsp3) is 0.0588. The Morgan fingerprint density at radius 1 is 1.17 bits per heavy atom. The molecule has 0 fully saturated rings. The Kier molecular flexibility index (Phi) is 5.14. The van der Waals surface area contributed by atoms with Crippen LogP contribution in [0, 0.1) is 18.3 Å². The molecule has 2 rings (SSSR count). The normalized spacial score (nSPS) is 11.6. The molecule has 7 heteroatoms. The van der Waals surface area contributed by atoms with E-state index in [1.54, 1.807) is 6.07 Å². The number of primary sulfonamides is 1. The number of nitrogens with zero attached hydrogens (tertiary/aromatic N) is 1. The van der Waals surface area contributed by atoms with Crippen molar-refractivity contribution in [3.8, 4) is 6.07 Å². The highest BCUT2D eigenvalue weighted by atomic mass is 32.2. The van der Waals surface area contributed by atoms with E-state index in [2.05, 4.69) is 5.32 Å². The van der Waals surface area contributed by atoms with Crippen molar-refractivity contribution in [2.75, 3.05) is 5.32 Å². The van der Waals surface area contributed by atoms with Gasteiger partial charge in [0, 0.05) is 5.69 Å². The van der Waals surface area contributed by atoms with Gasteiger partial charge in [0.15, 0.2) is 0 Å². The van der Waals surface area contributed by atoms with E-state index in [1.807, 2.05) is 31.2 Å². The van der Waals surface area contributed by atoms with E-state index >= 15 is 0 Å². The van der Waals surface area contributed by atoms with Gasteiger partial charge in [-0.1, -0.05) is 24.3 Å². The average Bonchev–Trinajstić information content (AvgIpc) is 2.53. The summed E-state index contributed by atoms with van der Waals surface area (Å²) < 4.78 is 22.4. The van der Waals surface area contributed by atoms with Gasteiger partial charge in [-0.05, 0) is 48.4 Å². The molecule has 3 N–H and O–H groups in total. The van der Waals surface area contributed by atoms with Crippen molar-refractivity contribution in [1.82, 2.24) is 0 Å². The minimum absolute atomic E-state index is 0.0557. The Hall–Kier alpha value is -2.95. The molecule has 0 heterocycles. The summed E-state index contributed by atoms with van der Waals surface area (Å²) in [6.07, 6.45) is 1.50. The second kappa shape index (κ2) is 7.08. The van der Waals surface area contributed by atoms with Crippen molar-refractivity contribution < 1.29 is 13.2 Å². The lowest BCUT2D eigenvalue weighted by atomic mass is 10.1. The van der Waals surface area contributed by atoms with Crippen molar-refractivity contribution in [1.29, 1.82) is 5.26 Å². The van der Waals surface area contributed by atoms with Gasteiger partial charge in [-0.3, -0.25) is 4.79 Å². The van der Waals surface area contributed by atoms with Gasteiger partial charge < -0.3 is 5.32 Å². The standard InChI is InChI=1S/C17H15N3O3S/c1-12-4-2-3-5-13(12)10-14(11-18)17(21)20-15-6-8-16(9-7-15)24(19,22)23/h2-10H,1H3,(H,20,21)(H2,19,22,23). The molecule has 0 radical (unpaired) electrons. The minimum Gasteiger partial charge on any atom is -0.321 e. The number of hydrogen-bond donors (Lipinski definition) is 2. The van der Waals surface area contributed by atoms with E-state index in [1.165, 1.54) is 30.3 Å². The van der Waals surface area contributed by atoms with Gasteiger partial charge >= 0.3 is 0 Å². The van der Waals surface area contributed by atoms with Crippen LogP contribution in [0.15, 0.2) is 59.0 Å². The molecule has 6 nitrogen and oxygen atoms in total. The zero-order chi connectivity index (χ0) is 17.7. The molecule has 0 saturated carbocycles. The van der Waals surface area contributed by atoms with Crippen LogP contribution in [0.25, 0.3) is 6.08 Å². The van der Waals surface area contributed by atoms with Crippen molar-refractivity contribution in [3.05, 3.63) is 65.2 Å². The molecule has 2 aromatic rings. The van der Waals surface area contributed by atoms with Crippen LogP contribution in [0.3, 0.4) is 0 Å². The zero-order valence-corrected chi connectivity index (χ0v) is 13.7. The molecule has 0 spiro atoms. The number of carbonyl (C=O) groups is 1. The highest BCUT2D eigenvalue weighted by Crippen LogP contribution is 2.16. The molecule has 0 aliphatic heterocycles. The number of nitriles is 1. The van der Waals surface area contributed by atoms with Crippen LogP contribution >= 0.6 is 0 Å². The summed E-state index contributed by atoms with van der Waals surface area (Å²) >= 11 is 0. The Labute approximate surface area is 140 Å². The number of aryl methyl sites for hydroxylation is 1. The summed E-state index contributed by atoms with van der Waals surface area (Å²) in [6.45, 7) is 1.88. The summed E-state index contributed by atoms with van der Waals surface area (Å²) in [4.78, 5) is 12.1. The van der Waals surface area contributed by atoms with E-state index in [9.17, 15) is 18.5 Å². The van der Waals surface area contributed by atoms with Crippen molar-refractivity contribution in [3.63, 3.8) is 0 Å². The van der Waals surface area contributed by atoms with Gasteiger partial charge in [-0.15, -0.1) is 0 Å². The molecule has 0 unspecified atom stereocenters. The van der Waals surface area contributed by atoms with E-state index in [-0.39, 0.29) is 10.5 Å². The predicted octanol–water partition coefficient (Wildman–Crippen LogP) is 2.19. The smallest absolute Gasteiger partial charge is 0.266 e. The summed E-state index contributed by atoms with van der Waals surface area (Å²) in [5, 5.41) is 16.8. The second-order valence-electron chi connectivity index (χ2n) is 5.05. The summed E-state index contributed by atoms with van der Waals surface area (Å²) in [5.74, 6) is -0.580. The maximum absolute atomic E-state index is 12.2. The van der Waals surface area contributed by atoms with Gasteiger partial charge in [0.2, 0.25) is 10.0 Å². The first-order valence-electron chi connectivity index (χ1n) is 6.93. The molecule has 0 aliphatic rings. The Morgan fingerprint density at radius 2 is 1.79 bits per heavy atom. The van der Waals surface area contributed by atoms with Crippen molar-refractivity contribution in [2.24, 2.45) is 5.14 Å². The molecular formula is C17H15N3O3S. The summed E-state index contributed by atoms with van der Waals surface area (Å²) in [5.41, 5.74) is 2.02. The zero-order valence-electron chi connectivity index (χ0n) is 12.9. The number of nitrogens with two attached hydrogens (primary N) is 1. The van der Waals surface area contributed by atoms with Gasteiger partial charge in [-0.2, -0.15) is 5.26 Å². The third-order valence-electron chi connectivity index (χ3n) is 3.29. The number of anilines is 1. The van der Waals surface area contributed by atoms with Crippen molar-refractivity contribution >= 4 is 27.7 Å². The molecule has 24 heavy (non-hydrogen) atoms. The van der Waals surface area contributed by atoms with Crippen LogP contribution in [-0.2, 0) is 14.8 Å². The topological polar surface area (TPSA) is 113 Å². The minimum atomic E-state index is -3.79. The van der Waals surface area contributed by atoms with E-state index in [4.69, 9.17) is 5.14 Å². The van der Waals surface area contributed by atoms with Crippen LogP contribution in [-0.4, -0.2) is 14.3 Å². The maximum atomic E-state index is 12.2. The van der Waals surface area contributed by atoms with E-state index < -0.39 is 15.9 Å². The molecule has 1 amide bonds. The lowest BCUT2D eigenvalue weighted by Crippen LogP contribution is -2.14. The van der Waals surface area contributed by atoms with Crippen LogP contribution in [0.4, 0.5) is 5.69 Å². The molecule has 122 valence electrons. The molecule has 2 aromatic carbocycles. The molecule has 0 aliphatic carbocycles. The molecule has 0 atom stereocenters. The Bertz CT molecular complexity index is 940. The van der Waals surface area contributed by atoms with Crippen LogP contribution in [0.1, 0.15) is 11.1 Å². The van der Waals surface area contributed by atoms with E-state index in [0.717, 1.165) is 11.1 Å². The number of rotatable bonds is 4. The second-order valence-corrected chi connectivity index (χ2v) is 6.61. The third-order valence-corrected chi connectivity index (χ3v) is 4.22. The highest BCUT2D eigenvalue weighted by Gasteiger charge is 2.11. The van der Waals surface area contributed by atoms with Crippen LogP contribution < -0.4 is 10.5 Å². The van der Waals surface area contributed by atoms with Gasteiger partial charge in [0.25, 0.3) is 5.91 Å². The Balaban J connectivity index is 2.22. The molecule has 0 aromatic heterocycles. The van der Waals surface area contributed by atoms with Gasteiger partial charge in [0.05, 0.1) is 4.90 Å². The highest BCUT2D eigenvalue weighted by molar-refractivity contribution is 7.89. The quantitative estimate of drug-likeness (QED) is 0.655. The SMILES string of the molecule is Cc1ccccc1C=C(C#N)C(=O)Nc1ccc(S(N)(=O)=O)cc1. The molecule has 0 saturated heterocycles. The summed E-state index contributed by atoms with van der Waals surface area (Å²) in [7, 11) is -3.79. The first-order chi connectivity index (χ1) is 11.3. The number of hydrogen-bond acceptors (Lipinski definition) is 4. The Morgan fingerprint density at radius 3 is 2.33 bits per heavy atom. The maximum Gasteiger partial charge on any atom is 0.266 e.